The molecule has 5 rings (SSSR count). The average Bonchev–Trinajstić information content (AvgIpc) is 2.77. The Morgan fingerprint density at radius 1 is 1.06 bits per heavy atom. The molecule has 0 amide bonds. The number of piperidine rings is 1. The van der Waals surface area contributed by atoms with Gasteiger partial charge in [0.15, 0.2) is 0 Å². The van der Waals surface area contributed by atoms with Gasteiger partial charge in [0, 0.05) is 25.3 Å². The molecule has 2 aromatic heterocycles. The number of hydrogen-bond donors (Lipinski definition) is 2. The van der Waals surface area contributed by atoms with Crippen molar-refractivity contribution in [1.82, 2.24) is 9.97 Å². The molecule has 2 unspecified atom stereocenters. The van der Waals surface area contributed by atoms with Crippen molar-refractivity contribution in [3.63, 3.8) is 0 Å². The van der Waals surface area contributed by atoms with Gasteiger partial charge in [0.1, 0.15) is 23.1 Å². The summed E-state index contributed by atoms with van der Waals surface area (Å²) < 4.78 is 44.5. The average molecular weight is 482 g/mol. The van der Waals surface area contributed by atoms with E-state index in [2.05, 4.69) is 27.1 Å². The highest BCUT2D eigenvalue weighted by Gasteiger charge is 2.26. The third-order valence-corrected chi connectivity index (χ3v) is 7.07. The summed E-state index contributed by atoms with van der Waals surface area (Å²) in [6, 6.07) is 7.39. The number of nitrogens with two attached hydrogens (primary N) is 1. The van der Waals surface area contributed by atoms with Gasteiger partial charge in [0.05, 0.1) is 35.4 Å². The van der Waals surface area contributed by atoms with Gasteiger partial charge in [-0.15, -0.1) is 0 Å². The highest BCUT2D eigenvalue weighted by Crippen LogP contribution is 2.39. The molecule has 2 aliphatic rings. The third kappa shape index (κ3) is 4.98. The SMILES string of the molecule is CC1CC(N)CN(c2ccncc2NCc2ccc(F)c(-c3c(F)cc(C4CCC4)cc3F)n2)C1. The molecule has 0 bridgehead atoms. The zero-order valence-electron chi connectivity index (χ0n) is 19.8. The Morgan fingerprint density at radius 2 is 1.83 bits per heavy atom. The summed E-state index contributed by atoms with van der Waals surface area (Å²) in [7, 11) is 0. The number of pyridine rings is 2. The number of nitrogens with one attached hydrogen (secondary N) is 1. The van der Waals surface area contributed by atoms with Gasteiger partial charge in [-0.1, -0.05) is 13.3 Å². The third-order valence-electron chi connectivity index (χ3n) is 7.07. The van der Waals surface area contributed by atoms with Crippen LogP contribution in [0.15, 0.2) is 42.7 Å². The summed E-state index contributed by atoms with van der Waals surface area (Å²) in [5.74, 6) is -1.68. The molecule has 3 N–H and O–H groups in total. The van der Waals surface area contributed by atoms with Gasteiger partial charge in [-0.05, 0) is 67.0 Å². The van der Waals surface area contributed by atoms with E-state index in [1.54, 1.807) is 12.4 Å². The standard InChI is InChI=1S/C27H30F3N5/c1-16-9-19(31)15-35(14-16)25-7-8-32-13-24(25)33-12-20-5-6-21(28)27(34-20)26-22(29)10-18(11-23(26)30)17-3-2-4-17/h5-8,10-11,13,16-17,19,33H,2-4,9,12,14-15,31H2,1H3. The largest absolute Gasteiger partial charge is 0.376 e. The zero-order chi connectivity index (χ0) is 24.5. The van der Waals surface area contributed by atoms with E-state index < -0.39 is 23.0 Å². The summed E-state index contributed by atoms with van der Waals surface area (Å²) in [6.07, 6.45) is 7.35. The van der Waals surface area contributed by atoms with Gasteiger partial charge in [-0.3, -0.25) is 4.98 Å². The predicted octanol–water partition coefficient (Wildman–Crippen LogP) is 5.61. The van der Waals surface area contributed by atoms with Crippen molar-refractivity contribution in [1.29, 1.82) is 0 Å². The monoisotopic (exact) mass is 481 g/mol. The maximum atomic E-state index is 14.9. The first-order valence-corrected chi connectivity index (χ1v) is 12.2. The van der Waals surface area contributed by atoms with E-state index in [0.717, 1.165) is 50.1 Å². The van der Waals surface area contributed by atoms with E-state index in [1.807, 2.05) is 6.07 Å². The minimum Gasteiger partial charge on any atom is -0.376 e. The first kappa shape index (κ1) is 23.6. The molecule has 0 radical (unpaired) electrons. The van der Waals surface area contributed by atoms with E-state index in [-0.39, 0.29) is 24.2 Å². The van der Waals surface area contributed by atoms with Gasteiger partial charge in [-0.2, -0.15) is 0 Å². The first-order valence-electron chi connectivity index (χ1n) is 12.2. The van der Waals surface area contributed by atoms with Crippen LogP contribution in [0.4, 0.5) is 24.5 Å². The molecule has 2 fully saturated rings. The summed E-state index contributed by atoms with van der Waals surface area (Å²) in [4.78, 5) is 10.7. The topological polar surface area (TPSA) is 67.1 Å². The lowest BCUT2D eigenvalue weighted by Gasteiger charge is -2.37. The Morgan fingerprint density at radius 3 is 2.51 bits per heavy atom. The molecule has 1 saturated carbocycles. The number of aromatic nitrogens is 2. The molecular weight excluding hydrogens is 451 g/mol. The number of hydrogen-bond acceptors (Lipinski definition) is 5. The molecule has 8 heteroatoms. The lowest BCUT2D eigenvalue weighted by atomic mass is 9.79. The van der Waals surface area contributed by atoms with Crippen LogP contribution in [0, 0.1) is 23.4 Å². The van der Waals surface area contributed by atoms with Crippen LogP contribution in [0.3, 0.4) is 0 Å². The second kappa shape index (κ2) is 9.85. The Kier molecular flexibility index (Phi) is 6.65. The molecule has 1 aliphatic carbocycles. The van der Waals surface area contributed by atoms with Gasteiger partial charge < -0.3 is 16.0 Å². The molecule has 0 spiro atoms. The fraction of sp³-hybridized carbons (Fsp3) is 0.407. The Balaban J connectivity index is 1.38. The van der Waals surface area contributed by atoms with E-state index in [4.69, 9.17) is 5.73 Å². The molecule has 1 aromatic carbocycles. The predicted molar refractivity (Wildman–Crippen MR) is 132 cm³/mol. The maximum absolute atomic E-state index is 14.9. The van der Waals surface area contributed by atoms with Crippen molar-refractivity contribution in [2.45, 2.75) is 51.1 Å². The van der Waals surface area contributed by atoms with Crippen LogP contribution in [0.2, 0.25) is 0 Å². The van der Waals surface area contributed by atoms with Crippen molar-refractivity contribution in [3.05, 3.63) is 71.4 Å². The molecule has 1 saturated heterocycles. The molecule has 184 valence electrons. The number of nitrogens with zero attached hydrogens (tertiary/aromatic N) is 3. The van der Waals surface area contributed by atoms with Crippen LogP contribution in [-0.4, -0.2) is 29.1 Å². The number of benzene rings is 1. The van der Waals surface area contributed by atoms with Crippen molar-refractivity contribution < 1.29 is 13.2 Å². The van der Waals surface area contributed by atoms with Crippen molar-refractivity contribution in [3.8, 4) is 11.3 Å². The second-order valence-corrected chi connectivity index (χ2v) is 9.87. The van der Waals surface area contributed by atoms with Crippen molar-refractivity contribution in [2.75, 3.05) is 23.3 Å². The van der Waals surface area contributed by atoms with Crippen LogP contribution in [-0.2, 0) is 6.54 Å². The van der Waals surface area contributed by atoms with Gasteiger partial charge in [-0.25, -0.2) is 18.2 Å². The first-order chi connectivity index (χ1) is 16.9. The van der Waals surface area contributed by atoms with E-state index >= 15 is 0 Å². The Bertz CT molecular complexity index is 1180. The minimum absolute atomic E-state index is 0.0987. The van der Waals surface area contributed by atoms with E-state index in [9.17, 15) is 13.2 Å². The normalized spacial score (nSPS) is 20.5. The highest BCUT2D eigenvalue weighted by molar-refractivity contribution is 5.69. The molecule has 2 atom stereocenters. The summed E-state index contributed by atoms with van der Waals surface area (Å²) in [5.41, 5.74) is 8.35. The summed E-state index contributed by atoms with van der Waals surface area (Å²) in [5, 5.41) is 3.31. The smallest absolute Gasteiger partial charge is 0.149 e. The van der Waals surface area contributed by atoms with E-state index in [0.29, 0.717) is 17.2 Å². The fourth-order valence-corrected chi connectivity index (χ4v) is 5.13. The van der Waals surface area contributed by atoms with Crippen LogP contribution >= 0.6 is 0 Å². The summed E-state index contributed by atoms with van der Waals surface area (Å²) >= 11 is 0. The van der Waals surface area contributed by atoms with E-state index in [1.165, 1.54) is 24.3 Å². The van der Waals surface area contributed by atoms with Crippen LogP contribution in [0.5, 0.6) is 0 Å². The van der Waals surface area contributed by atoms with Gasteiger partial charge >= 0.3 is 0 Å². The number of halogens is 3. The Hall–Kier alpha value is -3.13. The highest BCUT2D eigenvalue weighted by atomic mass is 19.1. The molecular formula is C27H30F3N5. The molecule has 35 heavy (non-hydrogen) atoms. The van der Waals surface area contributed by atoms with Crippen molar-refractivity contribution >= 4 is 11.4 Å². The zero-order valence-corrected chi connectivity index (χ0v) is 19.8. The van der Waals surface area contributed by atoms with Gasteiger partial charge in [0.2, 0.25) is 0 Å². The molecule has 5 nitrogen and oxygen atoms in total. The molecule has 1 aliphatic heterocycles. The second-order valence-electron chi connectivity index (χ2n) is 9.87. The van der Waals surface area contributed by atoms with Crippen LogP contribution in [0.25, 0.3) is 11.3 Å². The lowest BCUT2D eigenvalue weighted by Crippen LogP contribution is -2.46. The minimum atomic E-state index is -0.784. The number of rotatable bonds is 6. The van der Waals surface area contributed by atoms with Crippen LogP contribution < -0.4 is 16.0 Å². The quantitative estimate of drug-likeness (QED) is 0.479. The maximum Gasteiger partial charge on any atom is 0.149 e. The summed E-state index contributed by atoms with van der Waals surface area (Å²) in [6.45, 7) is 4.06. The molecule has 3 heterocycles. The fourth-order valence-electron chi connectivity index (χ4n) is 5.13. The van der Waals surface area contributed by atoms with Gasteiger partial charge in [0.25, 0.3) is 0 Å². The molecule has 3 aromatic rings. The Labute approximate surface area is 203 Å². The van der Waals surface area contributed by atoms with Crippen molar-refractivity contribution in [2.24, 2.45) is 11.7 Å². The lowest BCUT2D eigenvalue weighted by molar-refractivity contribution is 0.402. The number of anilines is 2. The van der Waals surface area contributed by atoms with Crippen LogP contribution in [0.1, 0.15) is 49.8 Å².